The van der Waals surface area contributed by atoms with Gasteiger partial charge in [-0.2, -0.15) is 0 Å². The Morgan fingerprint density at radius 2 is 1.73 bits per heavy atom. The molecule has 158 valence electrons. The van der Waals surface area contributed by atoms with Crippen LogP contribution in [0.5, 0.6) is 11.5 Å². The number of anilines is 1. The fourth-order valence-electron chi connectivity index (χ4n) is 3.56. The highest BCUT2D eigenvalue weighted by molar-refractivity contribution is 6.02. The highest BCUT2D eigenvalue weighted by Crippen LogP contribution is 2.25. The van der Waals surface area contributed by atoms with Gasteiger partial charge >= 0.3 is 0 Å². The summed E-state index contributed by atoms with van der Waals surface area (Å²) in [4.78, 5) is 12.5. The van der Waals surface area contributed by atoms with Crippen LogP contribution in [0.1, 0.15) is 40.5 Å². The van der Waals surface area contributed by atoms with Gasteiger partial charge < -0.3 is 15.4 Å². The van der Waals surface area contributed by atoms with Crippen LogP contribution in [0, 0.1) is 13.8 Å². The van der Waals surface area contributed by atoms with E-state index in [0.29, 0.717) is 23.2 Å². The van der Waals surface area contributed by atoms with E-state index in [-0.39, 0.29) is 18.3 Å². The lowest BCUT2D eigenvalue weighted by Crippen LogP contribution is -2.29. The Labute approximate surface area is 182 Å². The Kier molecular flexibility index (Phi) is 7.07. The molecule has 0 spiro atoms. The molecule has 0 aliphatic carbocycles. The third kappa shape index (κ3) is 5.37. The number of amides is 1. The summed E-state index contributed by atoms with van der Waals surface area (Å²) >= 11 is 0. The number of piperidine rings is 1. The van der Waals surface area contributed by atoms with Gasteiger partial charge in [0.15, 0.2) is 5.69 Å². The van der Waals surface area contributed by atoms with E-state index < -0.39 is 0 Å². The van der Waals surface area contributed by atoms with E-state index in [1.807, 2.05) is 50.2 Å². The highest BCUT2D eigenvalue weighted by Gasteiger charge is 2.18. The van der Waals surface area contributed by atoms with Crippen LogP contribution in [-0.2, 0) is 0 Å². The molecule has 2 N–H and O–H groups in total. The van der Waals surface area contributed by atoms with Crippen LogP contribution < -0.4 is 15.4 Å². The molecule has 1 fully saturated rings. The molecule has 0 radical (unpaired) electrons. The van der Waals surface area contributed by atoms with Gasteiger partial charge in [0.25, 0.3) is 5.91 Å². The van der Waals surface area contributed by atoms with Gasteiger partial charge in [-0.25, -0.2) is 4.68 Å². The molecule has 4 rings (SSSR count). The molecule has 1 amide bonds. The van der Waals surface area contributed by atoms with Crippen molar-refractivity contribution in [1.29, 1.82) is 0 Å². The Morgan fingerprint density at radius 3 is 2.40 bits per heavy atom. The number of carbonyl (C=O) groups excluding carboxylic acids is 1. The molecule has 30 heavy (non-hydrogen) atoms. The van der Waals surface area contributed by atoms with E-state index in [1.165, 1.54) is 0 Å². The lowest BCUT2D eigenvalue weighted by molar-refractivity contribution is 0.102. The normalized spacial score (nSPS) is 14.1. The largest absolute Gasteiger partial charge is 0.457 e. The smallest absolute Gasteiger partial charge is 0.277 e. The summed E-state index contributed by atoms with van der Waals surface area (Å²) in [6, 6.07) is 13.7. The zero-order valence-electron chi connectivity index (χ0n) is 17.1. The number of rotatable bonds is 5. The predicted octanol–water partition coefficient (Wildman–Crippen LogP) is 4.29. The first-order valence-corrected chi connectivity index (χ1v) is 9.87. The Hall–Kier alpha value is -2.90. The summed E-state index contributed by atoms with van der Waals surface area (Å²) in [6.07, 6.45) is 3.71. The molecule has 1 aromatic heterocycles. The molecule has 1 aliphatic rings. The van der Waals surface area contributed by atoms with Crippen LogP contribution in [0.3, 0.4) is 0 Å². The first-order valence-electron chi connectivity index (χ1n) is 9.87. The molecular weight excluding hydrogens is 402 g/mol. The van der Waals surface area contributed by atoms with Gasteiger partial charge in [0.05, 0.1) is 12.2 Å². The summed E-state index contributed by atoms with van der Waals surface area (Å²) in [5, 5.41) is 14.4. The number of aryl methyl sites for hydroxylation is 2. The number of halogens is 1. The average molecular weight is 428 g/mol. The minimum absolute atomic E-state index is 0. The van der Waals surface area contributed by atoms with Crippen molar-refractivity contribution >= 4 is 24.0 Å². The number of carbonyl (C=O) groups is 1. The molecule has 7 nitrogen and oxygen atoms in total. The minimum atomic E-state index is -0.270. The zero-order chi connectivity index (χ0) is 20.2. The lowest BCUT2D eigenvalue weighted by atomic mass is 10.1. The van der Waals surface area contributed by atoms with Crippen LogP contribution in [-0.4, -0.2) is 34.0 Å². The summed E-state index contributed by atoms with van der Waals surface area (Å²) in [5.74, 6) is 1.24. The number of hydrogen-bond donors (Lipinski definition) is 2. The monoisotopic (exact) mass is 427 g/mol. The Balaban J connectivity index is 0.00000256. The Bertz CT molecular complexity index is 977. The van der Waals surface area contributed by atoms with Crippen molar-refractivity contribution in [2.75, 3.05) is 18.4 Å². The first-order chi connectivity index (χ1) is 14.1. The van der Waals surface area contributed by atoms with Gasteiger partial charge in [0.1, 0.15) is 11.5 Å². The van der Waals surface area contributed by atoms with E-state index in [2.05, 4.69) is 27.0 Å². The quantitative estimate of drug-likeness (QED) is 0.635. The number of nitrogens with zero attached hydrogens (tertiary/aromatic N) is 3. The Morgan fingerprint density at radius 1 is 1.07 bits per heavy atom. The molecule has 3 aromatic rings. The summed E-state index contributed by atoms with van der Waals surface area (Å²) < 4.78 is 7.71. The third-order valence-corrected chi connectivity index (χ3v) is 4.97. The predicted molar refractivity (Wildman–Crippen MR) is 119 cm³/mol. The van der Waals surface area contributed by atoms with Crippen molar-refractivity contribution in [1.82, 2.24) is 20.3 Å². The van der Waals surface area contributed by atoms with E-state index in [9.17, 15) is 4.79 Å². The summed E-state index contributed by atoms with van der Waals surface area (Å²) in [6.45, 7) is 6.00. The molecule has 0 bridgehead atoms. The fourth-order valence-corrected chi connectivity index (χ4v) is 3.56. The maximum atomic E-state index is 12.5. The third-order valence-electron chi connectivity index (χ3n) is 4.97. The maximum absolute atomic E-state index is 12.5. The molecule has 0 atom stereocenters. The van der Waals surface area contributed by atoms with Gasteiger partial charge in [0.2, 0.25) is 0 Å². The summed E-state index contributed by atoms with van der Waals surface area (Å²) in [5.41, 5.74) is 3.31. The standard InChI is InChI=1S/C22H25N5O2.ClH/c1-15-11-16(2)13-20(12-15)29-19-5-3-17(4-6-19)24-22(28)21-14-27(26-25-21)18-7-9-23-10-8-18;/h3-6,11-14,18,23H,7-10H2,1-2H3,(H,24,28);1H. The molecular formula is C22H26ClN5O2. The number of hydrogen-bond acceptors (Lipinski definition) is 5. The summed E-state index contributed by atoms with van der Waals surface area (Å²) in [7, 11) is 0. The maximum Gasteiger partial charge on any atom is 0.277 e. The second-order valence-corrected chi connectivity index (χ2v) is 7.47. The van der Waals surface area contributed by atoms with E-state index in [1.54, 1.807) is 10.9 Å². The topological polar surface area (TPSA) is 81.1 Å². The first kappa shape index (κ1) is 21.8. The second kappa shape index (κ2) is 9.73. The zero-order valence-corrected chi connectivity index (χ0v) is 17.9. The van der Waals surface area contributed by atoms with Crippen LogP contribution in [0.2, 0.25) is 0 Å². The molecule has 1 saturated heterocycles. The second-order valence-electron chi connectivity index (χ2n) is 7.47. The SMILES string of the molecule is Cc1cc(C)cc(Oc2ccc(NC(=O)c3cn(C4CCNCC4)nn3)cc2)c1.Cl. The minimum Gasteiger partial charge on any atom is -0.457 e. The number of ether oxygens (including phenoxy) is 1. The molecule has 2 heterocycles. The molecule has 8 heteroatoms. The molecule has 2 aromatic carbocycles. The van der Waals surface area contributed by atoms with E-state index in [0.717, 1.165) is 42.8 Å². The highest BCUT2D eigenvalue weighted by atomic mass is 35.5. The van der Waals surface area contributed by atoms with Crippen LogP contribution in [0.15, 0.2) is 48.7 Å². The van der Waals surface area contributed by atoms with Crippen molar-refractivity contribution in [3.63, 3.8) is 0 Å². The fraction of sp³-hybridized carbons (Fsp3) is 0.318. The van der Waals surface area contributed by atoms with Crippen molar-refractivity contribution in [2.45, 2.75) is 32.7 Å². The van der Waals surface area contributed by atoms with Gasteiger partial charge in [-0.1, -0.05) is 11.3 Å². The average Bonchev–Trinajstić information content (AvgIpc) is 3.20. The van der Waals surface area contributed by atoms with Gasteiger partial charge in [0, 0.05) is 5.69 Å². The van der Waals surface area contributed by atoms with Gasteiger partial charge in [-0.3, -0.25) is 4.79 Å². The van der Waals surface area contributed by atoms with E-state index >= 15 is 0 Å². The van der Waals surface area contributed by atoms with Crippen LogP contribution in [0.25, 0.3) is 0 Å². The van der Waals surface area contributed by atoms with Crippen molar-refractivity contribution in [2.24, 2.45) is 0 Å². The van der Waals surface area contributed by atoms with Gasteiger partial charge in [-0.15, -0.1) is 17.5 Å². The lowest BCUT2D eigenvalue weighted by Gasteiger charge is -2.22. The number of benzene rings is 2. The molecule has 0 saturated carbocycles. The number of aromatic nitrogens is 3. The molecule has 0 unspecified atom stereocenters. The van der Waals surface area contributed by atoms with Crippen molar-refractivity contribution in [3.05, 3.63) is 65.5 Å². The van der Waals surface area contributed by atoms with Crippen LogP contribution >= 0.6 is 12.4 Å². The van der Waals surface area contributed by atoms with Crippen LogP contribution in [0.4, 0.5) is 5.69 Å². The number of nitrogens with one attached hydrogen (secondary N) is 2. The van der Waals surface area contributed by atoms with Crippen molar-refractivity contribution in [3.8, 4) is 11.5 Å². The van der Waals surface area contributed by atoms with Gasteiger partial charge in [-0.05, 0) is 87.3 Å². The van der Waals surface area contributed by atoms with Crippen molar-refractivity contribution < 1.29 is 9.53 Å². The molecule has 1 aliphatic heterocycles. The van der Waals surface area contributed by atoms with E-state index in [4.69, 9.17) is 4.74 Å².